The number of aliphatic hydroxyl groups excluding tert-OH is 1. The number of hydrogen-bond donors (Lipinski definition) is 1. The van der Waals surface area contributed by atoms with E-state index in [0.717, 1.165) is 22.9 Å². The topological polar surface area (TPSA) is 29.5 Å². The molecule has 21 heavy (non-hydrogen) atoms. The highest BCUT2D eigenvalue weighted by Crippen LogP contribution is 2.31. The van der Waals surface area contributed by atoms with Crippen molar-refractivity contribution in [1.82, 2.24) is 0 Å². The van der Waals surface area contributed by atoms with Gasteiger partial charge in [-0.2, -0.15) is 0 Å². The predicted octanol–water partition coefficient (Wildman–Crippen LogP) is 4.48. The molecule has 1 fully saturated rings. The zero-order chi connectivity index (χ0) is 15.2. The Morgan fingerprint density at radius 2 is 2.05 bits per heavy atom. The van der Waals surface area contributed by atoms with Crippen molar-refractivity contribution in [1.29, 1.82) is 0 Å². The van der Waals surface area contributed by atoms with Crippen LogP contribution in [-0.2, 0) is 11.2 Å². The van der Waals surface area contributed by atoms with Gasteiger partial charge in [0.05, 0.1) is 12.2 Å². The van der Waals surface area contributed by atoms with Gasteiger partial charge in [0.15, 0.2) is 0 Å². The average molecular weight is 359 g/mol. The van der Waals surface area contributed by atoms with Crippen LogP contribution < -0.4 is 0 Å². The Morgan fingerprint density at radius 1 is 1.33 bits per heavy atom. The van der Waals surface area contributed by atoms with Crippen LogP contribution in [0.1, 0.15) is 44.6 Å². The largest absolute Gasteiger partial charge is 0.390 e. The van der Waals surface area contributed by atoms with Crippen molar-refractivity contribution in [3.63, 3.8) is 0 Å². The van der Waals surface area contributed by atoms with Gasteiger partial charge in [-0.15, -0.1) is 0 Å². The van der Waals surface area contributed by atoms with E-state index in [1.807, 2.05) is 6.92 Å². The summed E-state index contributed by atoms with van der Waals surface area (Å²) in [6, 6.07) is 4.59. The molecule has 2 rings (SSSR count). The molecule has 0 radical (unpaired) electrons. The average Bonchev–Trinajstić information content (AvgIpc) is 2.49. The summed E-state index contributed by atoms with van der Waals surface area (Å²) in [4.78, 5) is 0. The molecule has 1 aliphatic rings. The smallest absolute Gasteiger partial charge is 0.123 e. The predicted molar refractivity (Wildman–Crippen MR) is 85.8 cm³/mol. The summed E-state index contributed by atoms with van der Waals surface area (Å²) in [6.45, 7) is 2.56. The highest BCUT2D eigenvalue weighted by atomic mass is 79.9. The van der Waals surface area contributed by atoms with Crippen LogP contribution in [0.5, 0.6) is 0 Å². The van der Waals surface area contributed by atoms with Gasteiger partial charge in [-0.05, 0) is 49.4 Å². The molecule has 0 amide bonds. The Labute approximate surface area is 134 Å². The van der Waals surface area contributed by atoms with Gasteiger partial charge < -0.3 is 9.84 Å². The molecule has 1 aliphatic carbocycles. The Bertz CT molecular complexity index is 446. The number of halogens is 2. The monoisotopic (exact) mass is 358 g/mol. The van der Waals surface area contributed by atoms with E-state index in [4.69, 9.17) is 4.74 Å². The van der Waals surface area contributed by atoms with E-state index >= 15 is 0 Å². The summed E-state index contributed by atoms with van der Waals surface area (Å²) in [7, 11) is 0. The zero-order valence-electron chi connectivity index (χ0n) is 12.5. The Balaban J connectivity index is 2.06. The first-order valence-corrected chi connectivity index (χ1v) is 8.64. The van der Waals surface area contributed by atoms with Crippen LogP contribution in [0, 0.1) is 11.7 Å². The fourth-order valence-electron chi connectivity index (χ4n) is 3.26. The van der Waals surface area contributed by atoms with Crippen LogP contribution in [0.3, 0.4) is 0 Å². The van der Waals surface area contributed by atoms with Gasteiger partial charge in [0.1, 0.15) is 5.82 Å². The first kappa shape index (κ1) is 16.9. The highest BCUT2D eigenvalue weighted by Gasteiger charge is 2.30. The van der Waals surface area contributed by atoms with Crippen molar-refractivity contribution in [3.8, 4) is 0 Å². The first-order chi connectivity index (χ1) is 10.1. The molecular weight excluding hydrogens is 335 g/mol. The Hall–Kier alpha value is -0.450. The third kappa shape index (κ3) is 4.76. The third-order valence-electron chi connectivity index (χ3n) is 4.29. The van der Waals surface area contributed by atoms with Crippen LogP contribution in [-0.4, -0.2) is 23.9 Å². The van der Waals surface area contributed by atoms with E-state index in [1.165, 1.54) is 31.4 Å². The van der Waals surface area contributed by atoms with E-state index < -0.39 is 6.10 Å². The summed E-state index contributed by atoms with van der Waals surface area (Å²) in [5.74, 6) is 0.145. The molecule has 0 saturated heterocycles. The molecule has 118 valence electrons. The lowest BCUT2D eigenvalue weighted by Gasteiger charge is -2.33. The lowest BCUT2D eigenvalue weighted by atomic mass is 9.82. The molecule has 1 N–H and O–H groups in total. The van der Waals surface area contributed by atoms with E-state index in [-0.39, 0.29) is 11.9 Å². The highest BCUT2D eigenvalue weighted by molar-refractivity contribution is 9.10. The van der Waals surface area contributed by atoms with Crippen molar-refractivity contribution in [2.75, 3.05) is 6.61 Å². The Kier molecular flexibility index (Phi) is 6.65. The number of rotatable bonds is 6. The van der Waals surface area contributed by atoms with E-state index in [0.29, 0.717) is 18.9 Å². The van der Waals surface area contributed by atoms with E-state index in [2.05, 4.69) is 15.9 Å². The molecule has 0 aliphatic heterocycles. The molecule has 2 atom stereocenters. The third-order valence-corrected chi connectivity index (χ3v) is 5.06. The van der Waals surface area contributed by atoms with Gasteiger partial charge >= 0.3 is 0 Å². The van der Waals surface area contributed by atoms with Gasteiger partial charge in [0.25, 0.3) is 0 Å². The van der Waals surface area contributed by atoms with Crippen molar-refractivity contribution in [3.05, 3.63) is 34.1 Å². The van der Waals surface area contributed by atoms with E-state index in [1.54, 1.807) is 6.07 Å². The second-order valence-corrected chi connectivity index (χ2v) is 6.68. The van der Waals surface area contributed by atoms with Gasteiger partial charge in [-0.25, -0.2) is 4.39 Å². The SMILES string of the molecule is CCOC(C(O)Cc1cc(F)ccc1Br)C1CCCCC1. The minimum atomic E-state index is -0.592. The fourth-order valence-corrected chi connectivity index (χ4v) is 3.67. The van der Waals surface area contributed by atoms with Crippen molar-refractivity contribution >= 4 is 15.9 Å². The Morgan fingerprint density at radius 3 is 2.71 bits per heavy atom. The second kappa shape index (κ2) is 8.25. The maximum absolute atomic E-state index is 13.4. The first-order valence-electron chi connectivity index (χ1n) is 7.85. The van der Waals surface area contributed by atoms with Gasteiger partial charge in [-0.3, -0.25) is 0 Å². The number of hydrogen-bond acceptors (Lipinski definition) is 2. The standard InChI is InChI=1S/C17H24BrFO2/c1-2-21-17(12-6-4-3-5-7-12)16(20)11-13-10-14(19)8-9-15(13)18/h8-10,12,16-17,20H,2-7,11H2,1H3. The van der Waals surface area contributed by atoms with Gasteiger partial charge in [0, 0.05) is 17.5 Å². The minimum absolute atomic E-state index is 0.148. The molecule has 0 heterocycles. The summed E-state index contributed by atoms with van der Waals surface area (Å²) in [5, 5.41) is 10.6. The van der Waals surface area contributed by atoms with Crippen LogP contribution in [0.15, 0.2) is 22.7 Å². The molecule has 4 heteroatoms. The van der Waals surface area contributed by atoms with Crippen LogP contribution >= 0.6 is 15.9 Å². The van der Waals surface area contributed by atoms with Gasteiger partial charge in [0.2, 0.25) is 0 Å². The normalized spacial score (nSPS) is 19.4. The number of benzene rings is 1. The van der Waals surface area contributed by atoms with Crippen LogP contribution in [0.2, 0.25) is 0 Å². The summed E-state index contributed by atoms with van der Waals surface area (Å²) in [6.07, 6.45) is 5.62. The zero-order valence-corrected chi connectivity index (χ0v) is 14.1. The molecule has 2 nitrogen and oxygen atoms in total. The lowest BCUT2D eigenvalue weighted by molar-refractivity contribution is -0.0716. The second-order valence-electron chi connectivity index (χ2n) is 5.83. The number of ether oxygens (including phenoxy) is 1. The molecular formula is C17H24BrFO2. The van der Waals surface area contributed by atoms with Crippen LogP contribution in [0.25, 0.3) is 0 Å². The minimum Gasteiger partial charge on any atom is -0.390 e. The lowest BCUT2D eigenvalue weighted by Crippen LogP contribution is -2.38. The molecule has 1 aromatic rings. The molecule has 1 aromatic carbocycles. The van der Waals surface area contributed by atoms with Crippen molar-refractivity contribution < 1.29 is 14.2 Å². The maximum atomic E-state index is 13.4. The van der Waals surface area contributed by atoms with Crippen molar-refractivity contribution in [2.24, 2.45) is 5.92 Å². The van der Waals surface area contributed by atoms with Crippen LogP contribution in [0.4, 0.5) is 4.39 Å². The summed E-state index contributed by atoms with van der Waals surface area (Å²) >= 11 is 3.42. The maximum Gasteiger partial charge on any atom is 0.123 e. The quantitative estimate of drug-likeness (QED) is 0.812. The number of aliphatic hydroxyl groups is 1. The molecule has 0 spiro atoms. The molecule has 1 saturated carbocycles. The molecule has 0 aromatic heterocycles. The van der Waals surface area contributed by atoms with E-state index in [9.17, 15) is 9.50 Å². The fraction of sp³-hybridized carbons (Fsp3) is 0.647. The van der Waals surface area contributed by atoms with Crippen molar-refractivity contribution in [2.45, 2.75) is 57.7 Å². The molecule has 0 bridgehead atoms. The summed E-state index contributed by atoms with van der Waals surface area (Å²) < 4.78 is 20.0. The molecule has 2 unspecified atom stereocenters. The summed E-state index contributed by atoms with van der Waals surface area (Å²) in [5.41, 5.74) is 0.794. The van der Waals surface area contributed by atoms with Gasteiger partial charge in [-0.1, -0.05) is 35.2 Å².